The second-order valence-corrected chi connectivity index (χ2v) is 6.51. The molecule has 1 amide bonds. The number of carbonyl (C=O) groups excluding carboxylic acids is 1. The fourth-order valence-corrected chi connectivity index (χ4v) is 3.08. The van der Waals surface area contributed by atoms with Crippen molar-refractivity contribution in [3.05, 3.63) is 35.4 Å². The maximum absolute atomic E-state index is 12.3. The molecule has 126 valence electrons. The molecular formula is C18H26N2O3. The first-order valence-electron chi connectivity index (χ1n) is 8.23. The molecule has 0 unspecified atom stereocenters. The summed E-state index contributed by atoms with van der Waals surface area (Å²) in [5, 5.41) is 8.97. The van der Waals surface area contributed by atoms with Crippen molar-refractivity contribution in [2.75, 3.05) is 33.7 Å². The highest BCUT2D eigenvalue weighted by atomic mass is 16.4. The molecule has 23 heavy (non-hydrogen) atoms. The summed E-state index contributed by atoms with van der Waals surface area (Å²) in [6.07, 6.45) is 3.54. The summed E-state index contributed by atoms with van der Waals surface area (Å²) in [4.78, 5) is 27.3. The highest BCUT2D eigenvalue weighted by Gasteiger charge is 2.24. The number of hydrogen-bond acceptors (Lipinski definition) is 3. The lowest BCUT2D eigenvalue weighted by Gasteiger charge is -2.33. The molecule has 1 aliphatic heterocycles. The zero-order valence-electron chi connectivity index (χ0n) is 14.0. The summed E-state index contributed by atoms with van der Waals surface area (Å²) in [6.45, 7) is 2.51. The van der Waals surface area contributed by atoms with Crippen molar-refractivity contribution in [1.82, 2.24) is 9.80 Å². The molecule has 0 radical (unpaired) electrons. The maximum atomic E-state index is 12.3. The zero-order chi connectivity index (χ0) is 16.8. The number of benzene rings is 1. The number of piperidine rings is 1. The minimum atomic E-state index is -0.905. The van der Waals surface area contributed by atoms with Gasteiger partial charge in [0.25, 0.3) is 0 Å². The molecule has 1 fully saturated rings. The highest BCUT2D eigenvalue weighted by molar-refractivity contribution is 5.87. The Morgan fingerprint density at radius 3 is 2.57 bits per heavy atom. The van der Waals surface area contributed by atoms with Crippen molar-refractivity contribution in [3.63, 3.8) is 0 Å². The van der Waals surface area contributed by atoms with Crippen LogP contribution in [0.2, 0.25) is 0 Å². The monoisotopic (exact) mass is 318 g/mol. The fourth-order valence-electron chi connectivity index (χ4n) is 3.08. The van der Waals surface area contributed by atoms with Gasteiger partial charge in [-0.05, 0) is 57.6 Å². The third-order valence-corrected chi connectivity index (χ3v) is 4.40. The number of aromatic carboxylic acids is 1. The van der Waals surface area contributed by atoms with Crippen LogP contribution in [-0.2, 0) is 4.79 Å². The predicted molar refractivity (Wildman–Crippen MR) is 89.7 cm³/mol. The lowest BCUT2D eigenvalue weighted by molar-refractivity contribution is -0.132. The molecule has 5 heteroatoms. The molecule has 0 saturated carbocycles. The van der Waals surface area contributed by atoms with Crippen molar-refractivity contribution in [2.24, 2.45) is 0 Å². The molecule has 1 aromatic rings. The predicted octanol–water partition coefficient (Wildman–Crippen LogP) is 2.43. The van der Waals surface area contributed by atoms with Crippen LogP contribution in [0, 0.1) is 0 Å². The number of hydrogen-bond donors (Lipinski definition) is 1. The Labute approximate surface area is 137 Å². The molecule has 1 heterocycles. The van der Waals surface area contributed by atoms with Crippen molar-refractivity contribution >= 4 is 11.9 Å². The third kappa shape index (κ3) is 5.06. The van der Waals surface area contributed by atoms with Gasteiger partial charge in [-0.1, -0.05) is 12.1 Å². The van der Waals surface area contributed by atoms with Gasteiger partial charge in [0.2, 0.25) is 5.91 Å². The van der Waals surface area contributed by atoms with Crippen LogP contribution in [0.15, 0.2) is 24.3 Å². The summed E-state index contributed by atoms with van der Waals surface area (Å²) in [6, 6.07) is 7.06. The van der Waals surface area contributed by atoms with Gasteiger partial charge in [0, 0.05) is 25.4 Å². The Balaban J connectivity index is 1.92. The van der Waals surface area contributed by atoms with E-state index in [-0.39, 0.29) is 5.91 Å². The van der Waals surface area contributed by atoms with E-state index in [0.717, 1.165) is 44.5 Å². The van der Waals surface area contributed by atoms with Crippen LogP contribution in [0.5, 0.6) is 0 Å². The SMILES string of the molecule is CN(C)CCCC(=O)N1CCC[C@H](c2ccc(C(=O)O)cc2)C1. The van der Waals surface area contributed by atoms with Crippen molar-refractivity contribution in [2.45, 2.75) is 31.6 Å². The molecule has 0 aromatic heterocycles. The first-order chi connectivity index (χ1) is 11.0. The second-order valence-electron chi connectivity index (χ2n) is 6.51. The molecule has 1 atom stereocenters. The van der Waals surface area contributed by atoms with Crippen LogP contribution in [0.3, 0.4) is 0 Å². The third-order valence-electron chi connectivity index (χ3n) is 4.40. The number of carboxylic acids is 1. The van der Waals surface area contributed by atoms with E-state index in [4.69, 9.17) is 5.11 Å². The van der Waals surface area contributed by atoms with E-state index in [1.54, 1.807) is 12.1 Å². The first kappa shape index (κ1) is 17.5. The van der Waals surface area contributed by atoms with Crippen molar-refractivity contribution in [3.8, 4) is 0 Å². The maximum Gasteiger partial charge on any atom is 0.335 e. The molecule has 0 bridgehead atoms. The number of amides is 1. The van der Waals surface area contributed by atoms with Gasteiger partial charge >= 0.3 is 5.97 Å². The van der Waals surface area contributed by atoms with Gasteiger partial charge in [-0.15, -0.1) is 0 Å². The summed E-state index contributed by atoms with van der Waals surface area (Å²) in [7, 11) is 4.03. The van der Waals surface area contributed by atoms with E-state index in [1.165, 1.54) is 0 Å². The van der Waals surface area contributed by atoms with Gasteiger partial charge in [-0.2, -0.15) is 0 Å². The average molecular weight is 318 g/mol. The number of rotatable bonds is 6. The van der Waals surface area contributed by atoms with E-state index in [2.05, 4.69) is 4.90 Å². The summed E-state index contributed by atoms with van der Waals surface area (Å²) in [5.41, 5.74) is 1.43. The van der Waals surface area contributed by atoms with E-state index in [0.29, 0.717) is 17.9 Å². The summed E-state index contributed by atoms with van der Waals surface area (Å²) >= 11 is 0. The number of likely N-dealkylation sites (tertiary alicyclic amines) is 1. The number of nitrogens with zero attached hydrogens (tertiary/aromatic N) is 2. The second kappa shape index (κ2) is 8.11. The molecule has 2 rings (SSSR count). The Morgan fingerprint density at radius 2 is 1.96 bits per heavy atom. The highest BCUT2D eigenvalue weighted by Crippen LogP contribution is 2.27. The van der Waals surface area contributed by atoms with Crippen molar-refractivity contribution < 1.29 is 14.7 Å². The molecular weight excluding hydrogens is 292 g/mol. The van der Waals surface area contributed by atoms with E-state index >= 15 is 0 Å². The Morgan fingerprint density at radius 1 is 1.26 bits per heavy atom. The van der Waals surface area contributed by atoms with Crippen LogP contribution in [0.25, 0.3) is 0 Å². The lowest BCUT2D eigenvalue weighted by atomic mass is 9.90. The number of carbonyl (C=O) groups is 2. The van der Waals surface area contributed by atoms with Gasteiger partial charge in [0.15, 0.2) is 0 Å². The quantitative estimate of drug-likeness (QED) is 0.875. The zero-order valence-corrected chi connectivity index (χ0v) is 14.0. The van der Waals surface area contributed by atoms with Gasteiger partial charge in [0.05, 0.1) is 5.56 Å². The standard InChI is InChI=1S/C18H26N2O3/c1-19(2)11-4-6-17(21)20-12-3-5-16(13-20)14-7-9-15(10-8-14)18(22)23/h7-10,16H,3-6,11-13H2,1-2H3,(H,22,23)/t16-/m0/s1. The summed E-state index contributed by atoms with van der Waals surface area (Å²) < 4.78 is 0. The van der Waals surface area contributed by atoms with Crippen LogP contribution < -0.4 is 0 Å². The molecule has 1 aliphatic rings. The van der Waals surface area contributed by atoms with Gasteiger partial charge in [0.1, 0.15) is 0 Å². The van der Waals surface area contributed by atoms with Crippen LogP contribution >= 0.6 is 0 Å². The topological polar surface area (TPSA) is 60.9 Å². The fraction of sp³-hybridized carbons (Fsp3) is 0.556. The largest absolute Gasteiger partial charge is 0.478 e. The minimum absolute atomic E-state index is 0.235. The van der Waals surface area contributed by atoms with Crippen LogP contribution in [0.1, 0.15) is 47.5 Å². The normalized spacial score (nSPS) is 18.2. The molecule has 1 saturated heterocycles. The van der Waals surface area contributed by atoms with Gasteiger partial charge < -0.3 is 14.9 Å². The first-order valence-corrected chi connectivity index (χ1v) is 8.23. The Kier molecular flexibility index (Phi) is 6.16. The van der Waals surface area contributed by atoms with E-state index < -0.39 is 5.97 Å². The Hall–Kier alpha value is -1.88. The van der Waals surface area contributed by atoms with Crippen LogP contribution in [-0.4, -0.2) is 60.5 Å². The van der Waals surface area contributed by atoms with Crippen LogP contribution in [0.4, 0.5) is 0 Å². The number of carboxylic acid groups (broad SMARTS) is 1. The summed E-state index contributed by atoms with van der Waals surface area (Å²) in [5.74, 6) is -0.360. The van der Waals surface area contributed by atoms with E-state index in [9.17, 15) is 9.59 Å². The molecule has 5 nitrogen and oxygen atoms in total. The average Bonchev–Trinajstić information content (AvgIpc) is 2.54. The molecule has 1 aromatic carbocycles. The minimum Gasteiger partial charge on any atom is -0.478 e. The van der Waals surface area contributed by atoms with Crippen molar-refractivity contribution in [1.29, 1.82) is 0 Å². The van der Waals surface area contributed by atoms with Gasteiger partial charge in [-0.25, -0.2) is 4.79 Å². The molecule has 1 N–H and O–H groups in total. The van der Waals surface area contributed by atoms with Gasteiger partial charge in [-0.3, -0.25) is 4.79 Å². The lowest BCUT2D eigenvalue weighted by Crippen LogP contribution is -2.39. The molecule has 0 aliphatic carbocycles. The smallest absolute Gasteiger partial charge is 0.335 e. The van der Waals surface area contributed by atoms with E-state index in [1.807, 2.05) is 31.1 Å². The molecule has 0 spiro atoms. The Bertz CT molecular complexity index is 540.